The van der Waals surface area contributed by atoms with Gasteiger partial charge in [0.25, 0.3) is 5.56 Å². The van der Waals surface area contributed by atoms with E-state index in [2.05, 4.69) is 0 Å². The molecule has 0 unspecified atom stereocenters. The van der Waals surface area contributed by atoms with E-state index in [0.717, 1.165) is 22.0 Å². The third-order valence-corrected chi connectivity index (χ3v) is 3.03. The second-order valence-electron chi connectivity index (χ2n) is 3.99. The molecule has 1 aromatic heterocycles. The Bertz CT molecular complexity index is 638. The highest BCUT2D eigenvalue weighted by Crippen LogP contribution is 2.20. The molecule has 2 rings (SSSR count). The minimum atomic E-state index is -0.228. The quantitative estimate of drug-likeness (QED) is 0.682. The van der Waals surface area contributed by atoms with Crippen LogP contribution in [0.15, 0.2) is 23.0 Å². The molecule has 0 bridgehead atoms. The summed E-state index contributed by atoms with van der Waals surface area (Å²) in [7, 11) is 1.70. The van der Waals surface area contributed by atoms with Gasteiger partial charge < -0.3 is 4.57 Å². The molecule has 16 heavy (non-hydrogen) atoms. The first-order chi connectivity index (χ1) is 7.57. The highest BCUT2D eigenvalue weighted by atomic mass is 16.1. The Kier molecular flexibility index (Phi) is 2.38. The molecule has 3 heteroatoms. The first-order valence-electron chi connectivity index (χ1n) is 5.12. The first kappa shape index (κ1) is 10.6. The van der Waals surface area contributed by atoms with Crippen LogP contribution in [0.3, 0.4) is 0 Å². The predicted octanol–water partition coefficient (Wildman–Crippen LogP) is 1.97. The van der Waals surface area contributed by atoms with Gasteiger partial charge in [-0.3, -0.25) is 9.59 Å². The monoisotopic (exact) mass is 215 g/mol. The number of aldehydes is 1. The minimum absolute atomic E-state index is 0.228. The van der Waals surface area contributed by atoms with Gasteiger partial charge in [-0.05, 0) is 25.0 Å². The van der Waals surface area contributed by atoms with E-state index < -0.39 is 0 Å². The van der Waals surface area contributed by atoms with Crippen LogP contribution in [0.2, 0.25) is 0 Å². The summed E-state index contributed by atoms with van der Waals surface area (Å²) in [6.45, 7) is 3.77. The maximum absolute atomic E-state index is 11.9. The Morgan fingerprint density at radius 3 is 2.56 bits per heavy atom. The minimum Gasteiger partial charge on any atom is -0.310 e. The molecule has 1 heterocycles. The summed E-state index contributed by atoms with van der Waals surface area (Å²) >= 11 is 0. The molecule has 0 spiro atoms. The van der Waals surface area contributed by atoms with Gasteiger partial charge in [0, 0.05) is 12.4 Å². The van der Waals surface area contributed by atoms with Gasteiger partial charge in [-0.1, -0.05) is 18.2 Å². The average Bonchev–Trinajstić information content (AvgIpc) is 2.27. The lowest BCUT2D eigenvalue weighted by Gasteiger charge is -2.11. The molecular formula is C13H13NO2. The fourth-order valence-corrected chi connectivity index (χ4v) is 2.13. The topological polar surface area (TPSA) is 39.1 Å². The van der Waals surface area contributed by atoms with E-state index in [-0.39, 0.29) is 11.1 Å². The number of nitrogens with zero attached hydrogens (tertiary/aromatic N) is 1. The number of hydrogen-bond donors (Lipinski definition) is 0. The van der Waals surface area contributed by atoms with Gasteiger partial charge in [0.1, 0.15) is 0 Å². The second kappa shape index (κ2) is 3.59. The van der Waals surface area contributed by atoms with Crippen molar-refractivity contribution in [1.82, 2.24) is 4.57 Å². The van der Waals surface area contributed by atoms with Crippen molar-refractivity contribution in [2.75, 3.05) is 0 Å². The molecule has 0 saturated carbocycles. The van der Waals surface area contributed by atoms with Crippen molar-refractivity contribution in [3.05, 3.63) is 45.2 Å². The van der Waals surface area contributed by atoms with Crippen LogP contribution < -0.4 is 5.56 Å². The Morgan fingerprint density at radius 2 is 1.94 bits per heavy atom. The van der Waals surface area contributed by atoms with E-state index in [9.17, 15) is 9.59 Å². The number of aryl methyl sites for hydroxylation is 3. The number of carbonyl (C=O) groups excluding carboxylic acids is 1. The lowest BCUT2D eigenvalue weighted by atomic mass is 10.0. The highest BCUT2D eigenvalue weighted by molar-refractivity contribution is 5.91. The van der Waals surface area contributed by atoms with E-state index in [1.54, 1.807) is 11.6 Å². The molecule has 2 aromatic rings. The predicted molar refractivity (Wildman–Crippen MR) is 64.1 cm³/mol. The highest BCUT2D eigenvalue weighted by Gasteiger charge is 2.12. The summed E-state index contributed by atoms with van der Waals surface area (Å²) in [4.78, 5) is 22.8. The third-order valence-electron chi connectivity index (χ3n) is 3.03. The fourth-order valence-electron chi connectivity index (χ4n) is 2.13. The van der Waals surface area contributed by atoms with Gasteiger partial charge in [0.15, 0.2) is 6.29 Å². The number of pyridine rings is 1. The summed E-state index contributed by atoms with van der Waals surface area (Å²) < 4.78 is 1.54. The van der Waals surface area contributed by atoms with E-state index in [1.165, 1.54) is 0 Å². The van der Waals surface area contributed by atoms with Crippen LogP contribution in [0, 0.1) is 13.8 Å². The normalized spacial score (nSPS) is 10.7. The average molecular weight is 215 g/mol. The van der Waals surface area contributed by atoms with Crippen molar-refractivity contribution in [1.29, 1.82) is 0 Å². The van der Waals surface area contributed by atoms with Crippen LogP contribution in [0.5, 0.6) is 0 Å². The summed E-state index contributed by atoms with van der Waals surface area (Å²) in [5.41, 5.74) is 2.72. The van der Waals surface area contributed by atoms with Crippen LogP contribution in [-0.2, 0) is 7.05 Å². The Morgan fingerprint density at radius 1 is 1.25 bits per heavy atom. The fraction of sp³-hybridized carbons (Fsp3) is 0.231. The summed E-state index contributed by atoms with van der Waals surface area (Å²) in [5, 5.41) is 0.962. The van der Waals surface area contributed by atoms with Crippen molar-refractivity contribution in [2.24, 2.45) is 7.05 Å². The van der Waals surface area contributed by atoms with E-state index in [0.29, 0.717) is 6.29 Å². The van der Waals surface area contributed by atoms with E-state index in [4.69, 9.17) is 0 Å². The van der Waals surface area contributed by atoms with Gasteiger partial charge in [0.05, 0.1) is 11.1 Å². The molecule has 3 nitrogen and oxygen atoms in total. The maximum atomic E-state index is 11.9. The SMILES string of the molecule is Cc1c(C=O)c(=O)n(C)c2c(C)cccc12. The molecule has 0 saturated heterocycles. The molecule has 0 aliphatic carbocycles. The molecule has 0 radical (unpaired) electrons. The van der Waals surface area contributed by atoms with Gasteiger partial charge in [-0.2, -0.15) is 0 Å². The van der Waals surface area contributed by atoms with Crippen molar-refractivity contribution < 1.29 is 4.79 Å². The number of fused-ring (bicyclic) bond motifs is 1. The van der Waals surface area contributed by atoms with Gasteiger partial charge in [-0.25, -0.2) is 0 Å². The molecule has 0 atom stereocenters. The second-order valence-corrected chi connectivity index (χ2v) is 3.99. The van der Waals surface area contributed by atoms with Crippen molar-refractivity contribution in [3.63, 3.8) is 0 Å². The molecular weight excluding hydrogens is 202 g/mol. The lowest BCUT2D eigenvalue weighted by Crippen LogP contribution is -2.23. The molecule has 0 aliphatic heterocycles. The van der Waals surface area contributed by atoms with Crippen molar-refractivity contribution in [2.45, 2.75) is 13.8 Å². The maximum Gasteiger partial charge on any atom is 0.261 e. The zero-order valence-electron chi connectivity index (χ0n) is 9.57. The van der Waals surface area contributed by atoms with Crippen molar-refractivity contribution >= 4 is 17.2 Å². The largest absolute Gasteiger partial charge is 0.310 e. The molecule has 0 fully saturated rings. The number of para-hydroxylation sites is 1. The first-order valence-corrected chi connectivity index (χ1v) is 5.12. The van der Waals surface area contributed by atoms with Crippen LogP contribution in [-0.4, -0.2) is 10.9 Å². The Balaban J connectivity index is 3.14. The number of aromatic nitrogens is 1. The van der Waals surface area contributed by atoms with Gasteiger partial charge >= 0.3 is 0 Å². The number of rotatable bonds is 1. The van der Waals surface area contributed by atoms with Crippen LogP contribution in [0.1, 0.15) is 21.5 Å². The summed E-state index contributed by atoms with van der Waals surface area (Å²) in [6.07, 6.45) is 0.638. The Labute approximate surface area is 93.3 Å². The smallest absolute Gasteiger partial charge is 0.261 e. The number of benzene rings is 1. The summed E-state index contributed by atoms with van der Waals surface area (Å²) in [5.74, 6) is 0. The Hall–Kier alpha value is -1.90. The molecule has 0 amide bonds. The van der Waals surface area contributed by atoms with Crippen LogP contribution >= 0.6 is 0 Å². The summed E-state index contributed by atoms with van der Waals surface area (Å²) in [6, 6.07) is 5.83. The molecule has 1 aromatic carbocycles. The lowest BCUT2D eigenvalue weighted by molar-refractivity contribution is 0.112. The van der Waals surface area contributed by atoms with E-state index >= 15 is 0 Å². The third kappa shape index (κ3) is 1.28. The van der Waals surface area contributed by atoms with Gasteiger partial charge in [0.2, 0.25) is 0 Å². The zero-order valence-corrected chi connectivity index (χ0v) is 9.57. The zero-order chi connectivity index (χ0) is 11.9. The number of carbonyl (C=O) groups is 1. The van der Waals surface area contributed by atoms with E-state index in [1.807, 2.05) is 32.0 Å². The molecule has 0 aliphatic rings. The van der Waals surface area contributed by atoms with Crippen LogP contribution in [0.4, 0.5) is 0 Å². The molecule has 82 valence electrons. The van der Waals surface area contributed by atoms with Gasteiger partial charge in [-0.15, -0.1) is 0 Å². The standard InChI is InChI=1S/C13H13NO2/c1-8-5-4-6-10-9(2)11(7-15)13(16)14(3)12(8)10/h4-7H,1-3H3. The number of hydrogen-bond acceptors (Lipinski definition) is 2. The molecule has 0 N–H and O–H groups in total. The van der Waals surface area contributed by atoms with Crippen molar-refractivity contribution in [3.8, 4) is 0 Å². The van der Waals surface area contributed by atoms with Crippen LogP contribution in [0.25, 0.3) is 10.9 Å².